The molecule has 67 heavy (non-hydrogen) atoms. The van der Waals surface area contributed by atoms with Gasteiger partial charge in [-0.15, -0.1) is 0 Å². The van der Waals surface area contributed by atoms with Crippen molar-refractivity contribution in [1.29, 1.82) is 0 Å². The summed E-state index contributed by atoms with van der Waals surface area (Å²) in [5, 5.41) is 69.7. The highest BCUT2D eigenvalue weighted by Gasteiger charge is 2.57. The first-order chi connectivity index (χ1) is 31.8. The lowest BCUT2D eigenvalue weighted by Crippen LogP contribution is -2.65. The number of esters is 2. The third-order valence-corrected chi connectivity index (χ3v) is 14.7. The van der Waals surface area contributed by atoms with Crippen molar-refractivity contribution in [2.45, 2.75) is 260 Å². The van der Waals surface area contributed by atoms with Gasteiger partial charge in [-0.25, -0.2) is 0 Å². The third kappa shape index (κ3) is 16.8. The van der Waals surface area contributed by atoms with Crippen LogP contribution in [0, 0.1) is 11.8 Å². The van der Waals surface area contributed by atoms with Gasteiger partial charge >= 0.3 is 11.9 Å². The van der Waals surface area contributed by atoms with E-state index in [2.05, 4.69) is 25.3 Å². The second-order valence-electron chi connectivity index (χ2n) is 21.0. The molecule has 5 aliphatic heterocycles. The summed E-state index contributed by atoms with van der Waals surface area (Å²) >= 11 is 0. The minimum absolute atomic E-state index is 0.00991. The predicted molar refractivity (Wildman–Crippen MR) is 253 cm³/mol. The second kappa shape index (κ2) is 26.1. The van der Waals surface area contributed by atoms with E-state index in [1.54, 1.807) is 26.0 Å². The molecule has 0 radical (unpaired) electrons. The number of carbonyl (C=O) groups excluding carboxylic acids is 2. The Morgan fingerprint density at radius 1 is 0.866 bits per heavy atom. The number of aliphatic hydroxyl groups excluding tert-OH is 4. The molecule has 1 spiro atoms. The van der Waals surface area contributed by atoms with Crippen LogP contribution in [0.25, 0.3) is 0 Å². The largest absolute Gasteiger partial charge is 0.462 e. The lowest BCUT2D eigenvalue weighted by atomic mass is 9.78. The molecule has 16 atom stereocenters. The second-order valence-corrected chi connectivity index (χ2v) is 21.0. The smallest absolute Gasteiger partial charge is 0.308 e. The quantitative estimate of drug-likeness (QED) is 0.0831. The maximum absolute atomic E-state index is 14.2. The third-order valence-electron chi connectivity index (χ3n) is 14.7. The van der Waals surface area contributed by atoms with E-state index in [0.29, 0.717) is 18.4 Å². The molecule has 0 aromatic heterocycles. The zero-order valence-electron chi connectivity index (χ0n) is 41.0. The fraction of sp³-hybridized carbons (Fsp3) is 0.811. The van der Waals surface area contributed by atoms with Crippen LogP contribution in [0.4, 0.5) is 0 Å². The van der Waals surface area contributed by atoms with Crippen molar-refractivity contribution in [2.24, 2.45) is 11.8 Å². The first-order valence-electron chi connectivity index (χ1n) is 25.7. The normalized spacial score (nSPS) is 41.6. The van der Waals surface area contributed by atoms with Crippen molar-refractivity contribution in [3.63, 3.8) is 0 Å². The van der Waals surface area contributed by atoms with Crippen LogP contribution in [0.2, 0.25) is 0 Å². The highest BCUT2D eigenvalue weighted by atomic mass is 16.7. The molecule has 6 N–H and O–H groups in total. The number of rotatable bonds is 7. The minimum atomic E-state index is -2.25. The van der Waals surface area contributed by atoms with Crippen LogP contribution in [0.15, 0.2) is 49.1 Å². The van der Waals surface area contributed by atoms with E-state index in [0.717, 1.165) is 51.4 Å². The van der Waals surface area contributed by atoms with E-state index >= 15 is 0 Å². The zero-order chi connectivity index (χ0) is 48.8. The van der Waals surface area contributed by atoms with Crippen LogP contribution < -0.4 is 0 Å². The van der Waals surface area contributed by atoms with Gasteiger partial charge in [0.2, 0.25) is 0 Å². The number of fused-ring (bicyclic) bond motifs is 6. The molecule has 14 heteroatoms. The molecule has 0 saturated carbocycles. The summed E-state index contributed by atoms with van der Waals surface area (Å²) in [6.07, 6.45) is 13.8. The van der Waals surface area contributed by atoms with Gasteiger partial charge in [0.15, 0.2) is 11.6 Å². The summed E-state index contributed by atoms with van der Waals surface area (Å²) in [5.74, 6) is -6.05. The zero-order valence-corrected chi connectivity index (χ0v) is 41.0. The number of ether oxygens (including phenoxy) is 6. The van der Waals surface area contributed by atoms with Crippen molar-refractivity contribution >= 4 is 11.9 Å². The molecule has 14 nitrogen and oxygen atoms in total. The lowest BCUT2D eigenvalue weighted by Gasteiger charge is -2.52. The summed E-state index contributed by atoms with van der Waals surface area (Å²) in [4.78, 5) is 26.5. The molecule has 0 amide bonds. The van der Waals surface area contributed by atoms with Crippen LogP contribution in [0.3, 0.4) is 0 Å². The molecule has 0 aromatic carbocycles. The number of hydrogen-bond donors (Lipinski definition) is 6. The van der Waals surface area contributed by atoms with Gasteiger partial charge in [0.1, 0.15) is 24.4 Å². The van der Waals surface area contributed by atoms with E-state index in [1.807, 2.05) is 6.92 Å². The summed E-state index contributed by atoms with van der Waals surface area (Å²) in [5.41, 5.74) is -0.633. The number of hydrogen-bond acceptors (Lipinski definition) is 14. The van der Waals surface area contributed by atoms with Gasteiger partial charge in [-0.1, -0.05) is 121 Å². The van der Waals surface area contributed by atoms with Crippen molar-refractivity contribution in [1.82, 2.24) is 0 Å². The highest BCUT2D eigenvalue weighted by molar-refractivity contribution is 5.70. The summed E-state index contributed by atoms with van der Waals surface area (Å²) < 4.78 is 38.0. The standard InChI is InChI=1S/C53H86O14/c1-7-8-24-39(55)27-35(2)28-45-47(58)48-37(4)49(63-45)50(59)53(61)33-43(56)36(3)44(67-53)26-23-21-19-17-15-13-11-9-10-12-14-16-18-20-22-25-40-31-51(6,60)34-52(65-40)32-42(62-38(5)54)29-41(66-52)30-46(57)64-48/h7-8,17,19,24,36-37,39-45,47-50,55-56,58-61H,1-2,9-16,18,20-23,25-34H2,3-6H3/b19-17+,24-8+/t36-,37-,39-,40+,41-,42+,43+,44-,45-,47-,48-,49-,50+,51+,52+,53-/m1/s1. The molecule has 7 bridgehead atoms. The van der Waals surface area contributed by atoms with Crippen molar-refractivity contribution in [3.8, 4) is 0 Å². The molecular weight excluding hydrogens is 861 g/mol. The van der Waals surface area contributed by atoms with Gasteiger partial charge in [-0.05, 0) is 58.3 Å². The van der Waals surface area contributed by atoms with Gasteiger partial charge in [0, 0.05) is 50.9 Å². The Hall–Kier alpha value is -2.50. The fourth-order valence-corrected chi connectivity index (χ4v) is 11.2. The molecule has 0 unspecified atom stereocenters. The van der Waals surface area contributed by atoms with Gasteiger partial charge in [-0.3, -0.25) is 9.59 Å². The maximum atomic E-state index is 14.2. The van der Waals surface area contributed by atoms with E-state index in [4.69, 9.17) is 28.4 Å². The first kappa shape index (κ1) is 55.4. The van der Waals surface area contributed by atoms with Crippen molar-refractivity contribution in [2.75, 3.05) is 0 Å². The Kier molecular flexibility index (Phi) is 21.6. The van der Waals surface area contributed by atoms with E-state index < -0.39 is 96.1 Å². The van der Waals surface area contributed by atoms with Gasteiger partial charge < -0.3 is 59.1 Å². The van der Waals surface area contributed by atoms with Gasteiger partial charge in [-0.2, -0.15) is 0 Å². The predicted octanol–water partition coefficient (Wildman–Crippen LogP) is 7.49. The number of aliphatic hydroxyl groups is 6. The summed E-state index contributed by atoms with van der Waals surface area (Å²) in [7, 11) is 0. The molecule has 5 heterocycles. The Balaban J connectivity index is 1.40. The average Bonchev–Trinajstić information content (AvgIpc) is 3.23. The lowest BCUT2D eigenvalue weighted by molar-refractivity contribution is -0.351. The molecule has 0 aliphatic carbocycles. The van der Waals surface area contributed by atoms with E-state index in [9.17, 15) is 40.2 Å². The van der Waals surface area contributed by atoms with E-state index in [-0.39, 0.29) is 57.0 Å². The maximum Gasteiger partial charge on any atom is 0.308 e. The Labute approximate surface area is 400 Å². The van der Waals surface area contributed by atoms with E-state index in [1.165, 1.54) is 51.5 Å². The monoisotopic (exact) mass is 947 g/mol. The first-order valence-corrected chi connectivity index (χ1v) is 25.7. The highest BCUT2D eigenvalue weighted by Crippen LogP contribution is 2.46. The Morgan fingerprint density at radius 3 is 2.18 bits per heavy atom. The molecule has 5 aliphatic rings. The molecular formula is C53H86O14. The topological polar surface area (TPSA) is 211 Å². The van der Waals surface area contributed by atoms with Gasteiger partial charge in [0.05, 0.1) is 54.7 Å². The Morgan fingerprint density at radius 2 is 1.51 bits per heavy atom. The van der Waals surface area contributed by atoms with Crippen LogP contribution >= 0.6 is 0 Å². The molecule has 4 fully saturated rings. The SMILES string of the molecule is C=C/C=C/[C@@H](O)CC(=C)C[C@H]1O[C@@H]2[C@H](C)[C@@H](OC(=O)C[C@H]3C[C@H](OC(C)=O)C[C@@]4(C[C@@](C)(O)C[C@H](CCCCCCCCCCCC/C=C/CCC[C@H]5O[C@](O)(C[C@H](O)[C@H]5C)[C@H]2O)O4)O3)[C@@H]1O. The molecule has 5 rings (SSSR count). The van der Waals surface area contributed by atoms with Crippen molar-refractivity contribution in [3.05, 3.63) is 49.1 Å². The molecule has 0 aromatic rings. The molecule has 4 saturated heterocycles. The van der Waals surface area contributed by atoms with Gasteiger partial charge in [0.25, 0.3) is 0 Å². The summed E-state index contributed by atoms with van der Waals surface area (Å²) in [6.45, 7) is 14.3. The molecule has 382 valence electrons. The Bertz CT molecular complexity index is 1630. The van der Waals surface area contributed by atoms with Crippen molar-refractivity contribution < 1.29 is 68.6 Å². The van der Waals surface area contributed by atoms with Crippen LogP contribution in [0.1, 0.15) is 175 Å². The summed E-state index contributed by atoms with van der Waals surface area (Å²) in [6, 6.07) is 0. The van der Waals surface area contributed by atoms with Crippen LogP contribution in [0.5, 0.6) is 0 Å². The number of carbonyl (C=O) groups is 2. The fourth-order valence-electron chi connectivity index (χ4n) is 11.2. The number of allylic oxidation sites excluding steroid dienone is 4. The van der Waals surface area contributed by atoms with Crippen LogP contribution in [-0.4, -0.2) is 127 Å². The minimum Gasteiger partial charge on any atom is -0.462 e. The van der Waals surface area contributed by atoms with Crippen LogP contribution in [-0.2, 0) is 38.0 Å². The average molecular weight is 947 g/mol.